The van der Waals surface area contributed by atoms with E-state index in [1.807, 2.05) is 0 Å². The molecule has 39 heavy (non-hydrogen) atoms. The monoisotopic (exact) mass is 540 g/mol. The first-order valence-corrected chi connectivity index (χ1v) is 12.0. The minimum atomic E-state index is -1.45. The zero-order chi connectivity index (χ0) is 27.2. The summed E-state index contributed by atoms with van der Waals surface area (Å²) in [5.41, 5.74) is 1.42. The second-order valence-corrected chi connectivity index (χ2v) is 9.63. The van der Waals surface area contributed by atoms with Gasteiger partial charge in [0.15, 0.2) is 6.23 Å². The second kappa shape index (κ2) is 8.49. The van der Waals surface area contributed by atoms with Crippen LogP contribution in [0.25, 0.3) is 32.9 Å². The van der Waals surface area contributed by atoms with E-state index in [-0.39, 0.29) is 33.2 Å². The lowest BCUT2D eigenvalue weighted by Crippen LogP contribution is -2.72. The summed E-state index contributed by atoms with van der Waals surface area (Å²) < 4.78 is 48.3. The number of aromatic amines is 1. The van der Waals surface area contributed by atoms with E-state index in [1.54, 1.807) is 6.07 Å². The van der Waals surface area contributed by atoms with Crippen molar-refractivity contribution in [2.75, 3.05) is 11.9 Å². The average molecular weight is 540 g/mol. The summed E-state index contributed by atoms with van der Waals surface area (Å²) in [6.45, 7) is -0.510. The molecule has 0 bridgehead atoms. The van der Waals surface area contributed by atoms with Gasteiger partial charge >= 0.3 is 0 Å². The number of hydrogen-bond donors (Lipinski definition) is 5. The molecule has 13 heteroatoms. The van der Waals surface area contributed by atoms with E-state index in [1.165, 1.54) is 24.3 Å². The molecule has 5 N–H and O–H groups in total. The number of anilines is 1. The molecule has 200 valence electrons. The topological polar surface area (TPSA) is 136 Å². The van der Waals surface area contributed by atoms with E-state index in [9.17, 15) is 33.1 Å². The standard InChI is InChI=1S/C26H19F3N4O6/c27-9-1-3-14(31-26-22(35)21-23(39-33(21)29)17(8-34)38-26)11(5-9)12-7-16-18(20-19(12)24(36)32-25(20)37)13-6-10(28)2-4-15(13)30-16/h1-7,17,21-23,26,30-31,34-35H,8H2,(H,32,36,37). The van der Waals surface area contributed by atoms with Crippen LogP contribution in [0, 0.1) is 11.6 Å². The van der Waals surface area contributed by atoms with Gasteiger partial charge < -0.3 is 25.3 Å². The molecule has 0 radical (unpaired) electrons. The molecule has 10 nitrogen and oxygen atoms in total. The first-order chi connectivity index (χ1) is 18.7. The number of amides is 2. The van der Waals surface area contributed by atoms with Gasteiger partial charge in [0, 0.05) is 33.1 Å². The van der Waals surface area contributed by atoms with Crippen LogP contribution in [0.4, 0.5) is 18.9 Å². The fourth-order valence-corrected chi connectivity index (χ4v) is 5.66. The molecule has 3 aromatic carbocycles. The smallest absolute Gasteiger partial charge is 0.259 e. The van der Waals surface area contributed by atoms with Gasteiger partial charge in [-0.1, -0.05) is 0 Å². The van der Waals surface area contributed by atoms with Crippen molar-refractivity contribution in [1.82, 2.24) is 15.6 Å². The largest absolute Gasteiger partial charge is 0.394 e. The summed E-state index contributed by atoms with van der Waals surface area (Å²) in [6, 6.07) is 8.07. The molecule has 2 saturated heterocycles. The number of halogens is 3. The Balaban J connectivity index is 1.39. The predicted octanol–water partition coefficient (Wildman–Crippen LogP) is 2.51. The van der Waals surface area contributed by atoms with Crippen LogP contribution in [-0.4, -0.2) is 69.5 Å². The van der Waals surface area contributed by atoms with Gasteiger partial charge in [-0.2, -0.15) is 0 Å². The van der Waals surface area contributed by atoms with Crippen molar-refractivity contribution in [3.63, 3.8) is 0 Å². The molecule has 4 heterocycles. The Kier molecular flexibility index (Phi) is 5.24. The molecule has 0 saturated carbocycles. The van der Waals surface area contributed by atoms with Gasteiger partial charge in [-0.3, -0.25) is 19.7 Å². The lowest BCUT2D eigenvalue weighted by atomic mass is 9.91. The fraction of sp³-hybridized carbons (Fsp3) is 0.231. The van der Waals surface area contributed by atoms with Crippen LogP contribution in [0.15, 0.2) is 42.5 Å². The number of aromatic nitrogens is 1. The van der Waals surface area contributed by atoms with E-state index in [2.05, 4.69) is 15.6 Å². The average Bonchev–Trinajstić information content (AvgIpc) is 3.40. The minimum Gasteiger partial charge on any atom is -0.394 e. The van der Waals surface area contributed by atoms with Crippen molar-refractivity contribution in [3.05, 3.63) is 65.2 Å². The molecule has 3 aliphatic heterocycles. The summed E-state index contributed by atoms with van der Waals surface area (Å²) in [5.74, 6) is -2.59. The van der Waals surface area contributed by atoms with Crippen molar-refractivity contribution in [1.29, 1.82) is 0 Å². The molecule has 5 atom stereocenters. The molecular weight excluding hydrogens is 521 g/mol. The number of ether oxygens (including phenoxy) is 1. The van der Waals surface area contributed by atoms with Gasteiger partial charge in [0.1, 0.15) is 36.0 Å². The maximum absolute atomic E-state index is 14.6. The summed E-state index contributed by atoms with van der Waals surface area (Å²) in [5, 5.41) is 26.3. The van der Waals surface area contributed by atoms with Crippen molar-refractivity contribution < 1.29 is 42.6 Å². The van der Waals surface area contributed by atoms with E-state index in [0.717, 1.165) is 12.1 Å². The van der Waals surface area contributed by atoms with Crippen LogP contribution < -0.4 is 10.6 Å². The highest BCUT2D eigenvalue weighted by atomic mass is 19.2. The van der Waals surface area contributed by atoms with Gasteiger partial charge in [0.2, 0.25) is 0 Å². The Labute approximate surface area is 216 Å². The van der Waals surface area contributed by atoms with Crippen LogP contribution in [0.1, 0.15) is 20.7 Å². The number of fused-ring (bicyclic) bond motifs is 6. The Hall–Kier alpha value is -4.01. The van der Waals surface area contributed by atoms with Gasteiger partial charge in [-0.25, -0.2) is 8.78 Å². The Morgan fingerprint density at radius 3 is 2.49 bits per heavy atom. The van der Waals surface area contributed by atoms with Crippen LogP contribution in [0.3, 0.4) is 0 Å². The summed E-state index contributed by atoms with van der Waals surface area (Å²) >= 11 is 0. The Bertz CT molecular complexity index is 1710. The maximum Gasteiger partial charge on any atom is 0.259 e. The first-order valence-electron chi connectivity index (χ1n) is 12.0. The van der Waals surface area contributed by atoms with Gasteiger partial charge in [0.05, 0.1) is 17.7 Å². The highest BCUT2D eigenvalue weighted by molar-refractivity contribution is 6.32. The minimum absolute atomic E-state index is 0.0105. The van der Waals surface area contributed by atoms with Crippen LogP contribution >= 0.6 is 0 Å². The fourth-order valence-electron chi connectivity index (χ4n) is 5.66. The number of aliphatic hydroxyl groups is 2. The number of carbonyl (C=O) groups is 2. The van der Waals surface area contributed by atoms with Crippen LogP contribution in [0.5, 0.6) is 0 Å². The summed E-state index contributed by atoms with van der Waals surface area (Å²) in [6.07, 6.45) is -4.55. The van der Waals surface area contributed by atoms with Crippen molar-refractivity contribution in [2.45, 2.75) is 30.6 Å². The van der Waals surface area contributed by atoms with Crippen molar-refractivity contribution in [2.24, 2.45) is 0 Å². The third-order valence-corrected chi connectivity index (χ3v) is 7.42. The van der Waals surface area contributed by atoms with Crippen molar-refractivity contribution in [3.8, 4) is 11.1 Å². The first kappa shape index (κ1) is 24.1. The molecule has 1 aromatic heterocycles. The Morgan fingerprint density at radius 2 is 1.72 bits per heavy atom. The third-order valence-electron chi connectivity index (χ3n) is 7.42. The predicted molar refractivity (Wildman–Crippen MR) is 130 cm³/mol. The molecule has 4 aromatic rings. The SMILES string of the molecule is O=C1NC(=O)c2c1c(-c1cc(F)ccc1NC1OC(CO)C3ON(F)C3C1O)cc1[nH]c3ccc(F)cc3c21. The van der Waals surface area contributed by atoms with Gasteiger partial charge in [0.25, 0.3) is 11.8 Å². The number of nitrogens with zero attached hydrogens (tertiary/aromatic N) is 1. The molecule has 2 amide bonds. The molecule has 5 unspecified atom stereocenters. The number of carbonyl (C=O) groups excluding carboxylic acids is 2. The quantitative estimate of drug-likeness (QED) is 0.197. The number of imide groups is 1. The van der Waals surface area contributed by atoms with Crippen LogP contribution in [-0.2, 0) is 9.57 Å². The van der Waals surface area contributed by atoms with Crippen molar-refractivity contribution >= 4 is 39.3 Å². The molecule has 2 fully saturated rings. The normalized spacial score (nSPS) is 26.4. The number of nitrogens with one attached hydrogen (secondary N) is 3. The van der Waals surface area contributed by atoms with Gasteiger partial charge in [-0.15, -0.1) is 4.48 Å². The lowest BCUT2D eigenvalue weighted by molar-refractivity contribution is -0.473. The van der Waals surface area contributed by atoms with E-state index < -0.39 is 60.6 Å². The number of H-pyrrole nitrogens is 1. The number of rotatable bonds is 4. The summed E-state index contributed by atoms with van der Waals surface area (Å²) in [7, 11) is 0. The van der Waals surface area contributed by atoms with E-state index in [0.29, 0.717) is 21.8 Å². The number of benzene rings is 3. The molecule has 0 aliphatic carbocycles. The lowest BCUT2D eigenvalue weighted by Gasteiger charge is -2.51. The number of aliphatic hydroxyl groups excluding tert-OH is 2. The zero-order valence-corrected chi connectivity index (χ0v) is 19.7. The third kappa shape index (κ3) is 3.48. The second-order valence-electron chi connectivity index (χ2n) is 9.63. The number of hydroxylamine groups is 1. The summed E-state index contributed by atoms with van der Waals surface area (Å²) in [4.78, 5) is 33.8. The van der Waals surface area contributed by atoms with Gasteiger partial charge in [-0.05, 0) is 53.3 Å². The molecular formula is C26H19F3N4O6. The highest BCUT2D eigenvalue weighted by Gasteiger charge is 2.57. The number of hydrogen-bond acceptors (Lipinski definition) is 8. The maximum atomic E-state index is 14.6. The zero-order valence-electron chi connectivity index (χ0n) is 19.7. The highest BCUT2D eigenvalue weighted by Crippen LogP contribution is 2.42. The van der Waals surface area contributed by atoms with E-state index in [4.69, 9.17) is 9.57 Å². The van der Waals surface area contributed by atoms with Crippen LogP contribution in [0.2, 0.25) is 0 Å². The molecule has 0 spiro atoms. The molecule has 3 aliphatic rings. The Morgan fingerprint density at radius 1 is 0.974 bits per heavy atom. The molecule has 7 rings (SSSR count). The van der Waals surface area contributed by atoms with E-state index >= 15 is 0 Å².